The Bertz CT molecular complexity index is 1050. The van der Waals surface area contributed by atoms with Crippen molar-refractivity contribution in [2.75, 3.05) is 44.6 Å². The van der Waals surface area contributed by atoms with Gasteiger partial charge in [0.05, 0.1) is 32.9 Å². The highest BCUT2D eigenvalue weighted by molar-refractivity contribution is 6.34. The monoisotopic (exact) mass is 472 g/mol. The number of nitrogens with zero attached hydrogens (tertiary/aromatic N) is 3. The van der Waals surface area contributed by atoms with E-state index < -0.39 is 10.8 Å². The number of rotatable bonds is 6. The Balaban J connectivity index is 1.41. The topological polar surface area (TPSA) is 105 Å². The highest BCUT2D eigenvalue weighted by atomic mass is 35.5. The van der Waals surface area contributed by atoms with Gasteiger partial charge in [-0.2, -0.15) is 0 Å². The summed E-state index contributed by atoms with van der Waals surface area (Å²) in [5.74, 6) is -0.700. The third kappa shape index (κ3) is 5.50. The lowest BCUT2D eigenvalue weighted by molar-refractivity contribution is -0.384. The zero-order valence-electron chi connectivity index (χ0n) is 18.0. The summed E-state index contributed by atoms with van der Waals surface area (Å²) in [6.45, 7) is 4.47. The fourth-order valence-electron chi connectivity index (χ4n) is 4.15. The van der Waals surface area contributed by atoms with Gasteiger partial charge in [-0.3, -0.25) is 24.6 Å². The van der Waals surface area contributed by atoms with Gasteiger partial charge in [-0.15, -0.1) is 0 Å². The summed E-state index contributed by atoms with van der Waals surface area (Å²) in [6, 6.07) is 10.4. The summed E-state index contributed by atoms with van der Waals surface area (Å²) in [4.78, 5) is 40.4. The average molecular weight is 473 g/mol. The average Bonchev–Trinajstić information content (AvgIpc) is 3.32. The number of nitrogens with one attached hydrogen (secondary N) is 1. The zero-order chi connectivity index (χ0) is 23.4. The van der Waals surface area contributed by atoms with E-state index in [4.69, 9.17) is 16.3 Å². The van der Waals surface area contributed by atoms with Crippen molar-refractivity contribution in [3.8, 4) is 0 Å². The lowest BCUT2D eigenvalue weighted by atomic mass is 10.1. The lowest BCUT2D eigenvalue weighted by Crippen LogP contribution is -2.50. The molecule has 2 heterocycles. The first kappa shape index (κ1) is 23.2. The molecule has 2 saturated heterocycles. The maximum atomic E-state index is 13.2. The molecule has 2 aromatic rings. The molecule has 174 valence electrons. The van der Waals surface area contributed by atoms with Crippen LogP contribution >= 0.6 is 11.6 Å². The molecule has 1 N–H and O–H groups in total. The molecule has 0 saturated carbocycles. The molecule has 4 rings (SSSR count). The first-order valence-electron chi connectivity index (χ1n) is 10.9. The molecular formula is C23H25ClN4O5. The Labute approximate surface area is 196 Å². The van der Waals surface area contributed by atoms with Crippen LogP contribution < -0.4 is 5.32 Å². The number of piperazine rings is 1. The minimum atomic E-state index is -0.581. The molecule has 0 aliphatic carbocycles. The quantitative estimate of drug-likeness (QED) is 0.510. The molecule has 33 heavy (non-hydrogen) atoms. The van der Waals surface area contributed by atoms with Crippen LogP contribution in [-0.2, 0) is 4.74 Å². The summed E-state index contributed by atoms with van der Waals surface area (Å²) in [5, 5.41) is 13.6. The van der Waals surface area contributed by atoms with Crippen molar-refractivity contribution >= 4 is 34.8 Å². The van der Waals surface area contributed by atoms with Crippen molar-refractivity contribution in [1.82, 2.24) is 9.80 Å². The van der Waals surface area contributed by atoms with Gasteiger partial charge >= 0.3 is 0 Å². The van der Waals surface area contributed by atoms with Gasteiger partial charge in [-0.05, 0) is 31.0 Å². The van der Waals surface area contributed by atoms with E-state index in [0.717, 1.165) is 45.1 Å². The van der Waals surface area contributed by atoms with Gasteiger partial charge in [0.1, 0.15) is 0 Å². The van der Waals surface area contributed by atoms with E-state index in [9.17, 15) is 19.7 Å². The largest absolute Gasteiger partial charge is 0.377 e. The fourth-order valence-corrected chi connectivity index (χ4v) is 4.41. The van der Waals surface area contributed by atoms with E-state index in [-0.39, 0.29) is 28.3 Å². The number of halogens is 1. The van der Waals surface area contributed by atoms with E-state index in [1.165, 1.54) is 12.1 Å². The van der Waals surface area contributed by atoms with Crippen LogP contribution in [0.1, 0.15) is 33.6 Å². The van der Waals surface area contributed by atoms with E-state index in [0.29, 0.717) is 24.3 Å². The second kappa shape index (κ2) is 10.3. The highest BCUT2D eigenvalue weighted by Gasteiger charge is 2.27. The molecule has 2 fully saturated rings. The number of amides is 2. The Hall–Kier alpha value is -3.01. The smallest absolute Gasteiger partial charge is 0.270 e. The van der Waals surface area contributed by atoms with Crippen LogP contribution in [0.15, 0.2) is 42.5 Å². The van der Waals surface area contributed by atoms with Crippen molar-refractivity contribution in [3.63, 3.8) is 0 Å². The molecule has 1 atom stereocenters. The van der Waals surface area contributed by atoms with Crippen LogP contribution in [0.4, 0.5) is 11.4 Å². The molecule has 10 heteroatoms. The molecule has 2 aliphatic heterocycles. The van der Waals surface area contributed by atoms with Crippen molar-refractivity contribution in [2.45, 2.75) is 18.9 Å². The molecule has 9 nitrogen and oxygen atoms in total. The second-order valence-corrected chi connectivity index (χ2v) is 8.56. The molecule has 0 bridgehead atoms. The number of ether oxygens (including phenoxy) is 1. The molecule has 2 aliphatic rings. The number of anilines is 1. The van der Waals surface area contributed by atoms with Crippen LogP contribution in [0.2, 0.25) is 5.02 Å². The van der Waals surface area contributed by atoms with Gasteiger partial charge in [0.25, 0.3) is 17.5 Å². The molecule has 2 aromatic carbocycles. The lowest BCUT2D eigenvalue weighted by Gasteiger charge is -2.36. The number of carbonyl (C=O) groups is 2. The van der Waals surface area contributed by atoms with Crippen molar-refractivity contribution < 1.29 is 19.2 Å². The van der Waals surface area contributed by atoms with E-state index >= 15 is 0 Å². The van der Waals surface area contributed by atoms with Gasteiger partial charge in [0.2, 0.25) is 0 Å². The summed E-state index contributed by atoms with van der Waals surface area (Å²) in [5.41, 5.74) is 0.637. The van der Waals surface area contributed by atoms with Crippen molar-refractivity contribution in [3.05, 3.63) is 68.7 Å². The standard InChI is InChI=1S/C23H25ClN4O5/c24-20-14-16(28(31)32)7-8-18(20)22(29)25-21-6-2-1-5-19(21)23(30)27-11-9-26(10-12-27)15-17-4-3-13-33-17/h1-2,5-8,14,17H,3-4,9-13,15H2,(H,25,29). The van der Waals surface area contributed by atoms with Crippen LogP contribution in [0.25, 0.3) is 0 Å². The maximum Gasteiger partial charge on any atom is 0.270 e. The number of hydrogen-bond acceptors (Lipinski definition) is 6. The predicted molar refractivity (Wildman–Crippen MR) is 124 cm³/mol. The number of hydrogen-bond donors (Lipinski definition) is 1. The summed E-state index contributed by atoms with van der Waals surface area (Å²) >= 11 is 6.08. The molecule has 0 radical (unpaired) electrons. The fraction of sp³-hybridized carbons (Fsp3) is 0.391. The van der Waals surface area contributed by atoms with E-state index in [1.54, 1.807) is 29.2 Å². The Morgan fingerprint density at radius 1 is 1.12 bits per heavy atom. The van der Waals surface area contributed by atoms with Gasteiger partial charge < -0.3 is 15.0 Å². The third-order valence-electron chi connectivity index (χ3n) is 5.96. The van der Waals surface area contributed by atoms with Crippen LogP contribution in [0, 0.1) is 10.1 Å². The van der Waals surface area contributed by atoms with Crippen LogP contribution in [0.3, 0.4) is 0 Å². The van der Waals surface area contributed by atoms with Gasteiger partial charge in [0, 0.05) is 51.5 Å². The number of nitro benzene ring substituents is 1. The minimum absolute atomic E-state index is 0.0344. The van der Waals surface area contributed by atoms with E-state index in [1.807, 2.05) is 0 Å². The van der Waals surface area contributed by atoms with Crippen LogP contribution in [-0.4, -0.2) is 72.0 Å². The number of non-ortho nitro benzene ring substituents is 1. The number of nitro groups is 1. The molecule has 0 spiro atoms. The maximum absolute atomic E-state index is 13.2. The molecular weight excluding hydrogens is 448 g/mol. The first-order valence-corrected chi connectivity index (χ1v) is 11.3. The normalized spacial score (nSPS) is 18.8. The number of carbonyl (C=O) groups excluding carboxylic acids is 2. The molecule has 0 aromatic heterocycles. The summed E-state index contributed by atoms with van der Waals surface area (Å²) in [7, 11) is 0. The molecule has 1 unspecified atom stereocenters. The predicted octanol–water partition coefficient (Wildman–Crippen LogP) is 3.44. The van der Waals surface area contributed by atoms with E-state index in [2.05, 4.69) is 10.2 Å². The van der Waals surface area contributed by atoms with Crippen molar-refractivity contribution in [2.24, 2.45) is 0 Å². The van der Waals surface area contributed by atoms with Gasteiger partial charge in [0.15, 0.2) is 0 Å². The highest BCUT2D eigenvalue weighted by Crippen LogP contribution is 2.25. The SMILES string of the molecule is O=C(Nc1ccccc1C(=O)N1CCN(CC2CCCO2)CC1)c1ccc([N+](=O)[O-])cc1Cl. The van der Waals surface area contributed by atoms with Gasteiger partial charge in [-0.25, -0.2) is 0 Å². The zero-order valence-corrected chi connectivity index (χ0v) is 18.8. The Morgan fingerprint density at radius 3 is 2.55 bits per heavy atom. The van der Waals surface area contributed by atoms with Crippen molar-refractivity contribution in [1.29, 1.82) is 0 Å². The summed E-state index contributed by atoms with van der Waals surface area (Å²) < 4.78 is 5.71. The first-order chi connectivity index (χ1) is 15.9. The van der Waals surface area contributed by atoms with Crippen LogP contribution in [0.5, 0.6) is 0 Å². The number of para-hydroxylation sites is 1. The number of benzene rings is 2. The molecule has 2 amide bonds. The Morgan fingerprint density at radius 2 is 1.88 bits per heavy atom. The summed E-state index contributed by atoms with van der Waals surface area (Å²) in [6.07, 6.45) is 2.48. The second-order valence-electron chi connectivity index (χ2n) is 8.15. The third-order valence-corrected chi connectivity index (χ3v) is 6.27. The minimum Gasteiger partial charge on any atom is -0.377 e. The Kier molecular flexibility index (Phi) is 7.22. The van der Waals surface area contributed by atoms with Gasteiger partial charge in [-0.1, -0.05) is 23.7 Å².